The van der Waals surface area contributed by atoms with E-state index in [9.17, 15) is 4.39 Å². The lowest BCUT2D eigenvalue weighted by Gasteiger charge is -2.04. The van der Waals surface area contributed by atoms with Crippen molar-refractivity contribution in [2.75, 3.05) is 5.32 Å². The lowest BCUT2D eigenvalue weighted by Crippen LogP contribution is -2.01. The Morgan fingerprint density at radius 1 is 1.35 bits per heavy atom. The largest absolute Gasteiger partial charge is 0.374 e. The molecule has 2 heterocycles. The molecule has 0 saturated heterocycles. The van der Waals surface area contributed by atoms with Gasteiger partial charge >= 0.3 is 0 Å². The lowest BCUT2D eigenvalue weighted by molar-refractivity contribution is 0.384. The molecular formula is C13H9ClFN3OS. The van der Waals surface area contributed by atoms with Crippen LogP contribution in [-0.4, -0.2) is 10.1 Å². The van der Waals surface area contributed by atoms with Crippen molar-refractivity contribution in [1.29, 1.82) is 0 Å². The third-order valence-corrected chi connectivity index (χ3v) is 3.67. The molecule has 3 aromatic rings. The van der Waals surface area contributed by atoms with E-state index < -0.39 is 0 Å². The Labute approximate surface area is 123 Å². The van der Waals surface area contributed by atoms with Gasteiger partial charge in [-0.1, -0.05) is 22.8 Å². The molecule has 1 aromatic carbocycles. The van der Waals surface area contributed by atoms with Gasteiger partial charge in [0.15, 0.2) is 0 Å². The van der Waals surface area contributed by atoms with E-state index in [1.165, 1.54) is 29.5 Å². The van der Waals surface area contributed by atoms with Gasteiger partial charge < -0.3 is 9.84 Å². The van der Waals surface area contributed by atoms with Gasteiger partial charge in [0, 0.05) is 5.02 Å². The van der Waals surface area contributed by atoms with Crippen molar-refractivity contribution in [3.63, 3.8) is 0 Å². The number of rotatable bonds is 4. The zero-order chi connectivity index (χ0) is 13.9. The fraction of sp³-hybridized carbons (Fsp3) is 0.0769. The molecule has 0 bridgehead atoms. The van der Waals surface area contributed by atoms with E-state index in [4.69, 9.17) is 16.1 Å². The second-order valence-corrected chi connectivity index (χ2v) is 5.35. The Bertz CT molecular complexity index is 714. The molecule has 0 amide bonds. The number of aromatic nitrogens is 2. The number of hydrogen-bond donors (Lipinski definition) is 1. The first-order valence-electron chi connectivity index (χ1n) is 5.78. The van der Waals surface area contributed by atoms with E-state index in [1.54, 1.807) is 0 Å². The normalized spacial score (nSPS) is 10.7. The molecule has 1 N–H and O–H groups in total. The Hall–Kier alpha value is -1.92. The highest BCUT2D eigenvalue weighted by molar-refractivity contribution is 7.13. The molecule has 0 aliphatic heterocycles. The van der Waals surface area contributed by atoms with Gasteiger partial charge in [-0.2, -0.15) is 4.98 Å². The minimum Gasteiger partial charge on any atom is -0.374 e. The molecule has 3 rings (SSSR count). The second-order valence-electron chi connectivity index (χ2n) is 3.97. The maximum Gasteiger partial charge on any atom is 0.246 e. The molecule has 7 heteroatoms. The van der Waals surface area contributed by atoms with Crippen LogP contribution in [0.25, 0.3) is 10.7 Å². The molecule has 0 saturated carbocycles. The molecule has 102 valence electrons. The van der Waals surface area contributed by atoms with Gasteiger partial charge in [0.1, 0.15) is 5.82 Å². The quantitative estimate of drug-likeness (QED) is 0.784. The number of benzene rings is 1. The summed E-state index contributed by atoms with van der Waals surface area (Å²) in [7, 11) is 0. The Balaban J connectivity index is 1.71. The van der Waals surface area contributed by atoms with Crippen LogP contribution >= 0.6 is 22.9 Å². The van der Waals surface area contributed by atoms with Crippen LogP contribution in [0.1, 0.15) is 5.89 Å². The maximum absolute atomic E-state index is 13.5. The molecule has 0 aliphatic rings. The predicted octanol–water partition coefficient (Wildman–Crippen LogP) is 4.20. The monoisotopic (exact) mass is 309 g/mol. The maximum atomic E-state index is 13.5. The van der Waals surface area contributed by atoms with E-state index in [0.29, 0.717) is 22.4 Å². The first-order valence-corrected chi connectivity index (χ1v) is 7.03. The second kappa shape index (κ2) is 5.60. The summed E-state index contributed by atoms with van der Waals surface area (Å²) in [6, 6.07) is 8.12. The summed E-state index contributed by atoms with van der Waals surface area (Å²) in [5.41, 5.74) is 0.299. The highest BCUT2D eigenvalue weighted by Crippen LogP contribution is 2.22. The molecule has 4 nitrogen and oxygen atoms in total. The van der Waals surface area contributed by atoms with Crippen LogP contribution in [0, 0.1) is 5.82 Å². The van der Waals surface area contributed by atoms with Crippen molar-refractivity contribution < 1.29 is 8.91 Å². The zero-order valence-electron chi connectivity index (χ0n) is 10.1. The number of halogens is 2. The fourth-order valence-electron chi connectivity index (χ4n) is 1.64. The average Bonchev–Trinajstić information content (AvgIpc) is 3.09. The SMILES string of the molecule is Fc1ccc(Cl)cc1NCc1nc(-c2cccs2)no1. The van der Waals surface area contributed by atoms with Gasteiger partial charge in [-0.15, -0.1) is 11.3 Å². The average molecular weight is 310 g/mol. The number of thiophene rings is 1. The summed E-state index contributed by atoms with van der Waals surface area (Å²) >= 11 is 7.34. The Morgan fingerprint density at radius 3 is 3.05 bits per heavy atom. The summed E-state index contributed by atoms with van der Waals surface area (Å²) < 4.78 is 18.6. The van der Waals surface area contributed by atoms with Gasteiger partial charge in [0.05, 0.1) is 17.1 Å². The summed E-state index contributed by atoms with van der Waals surface area (Å²) in [5, 5.41) is 9.14. The van der Waals surface area contributed by atoms with Gasteiger partial charge in [-0.05, 0) is 29.6 Å². The molecule has 0 aliphatic carbocycles. The molecule has 0 radical (unpaired) electrons. The molecule has 0 unspecified atom stereocenters. The van der Waals surface area contributed by atoms with E-state index in [1.807, 2.05) is 17.5 Å². The first kappa shape index (κ1) is 13.1. The standard InChI is InChI=1S/C13H9ClFN3OS/c14-8-3-4-9(15)10(6-8)16-7-12-17-13(18-19-12)11-2-1-5-20-11/h1-6,16H,7H2. The minimum atomic E-state index is -0.382. The van der Waals surface area contributed by atoms with Crippen molar-refractivity contribution in [3.05, 3.63) is 52.4 Å². The highest BCUT2D eigenvalue weighted by atomic mass is 35.5. The summed E-state index contributed by atoms with van der Waals surface area (Å²) in [6.07, 6.45) is 0. The molecule has 2 aromatic heterocycles. The number of anilines is 1. The third-order valence-electron chi connectivity index (χ3n) is 2.57. The molecule has 0 atom stereocenters. The topological polar surface area (TPSA) is 51.0 Å². The minimum absolute atomic E-state index is 0.232. The molecule has 0 fully saturated rings. The van der Waals surface area contributed by atoms with Gasteiger partial charge in [-0.25, -0.2) is 4.39 Å². The van der Waals surface area contributed by atoms with Gasteiger partial charge in [-0.3, -0.25) is 0 Å². The number of nitrogens with one attached hydrogen (secondary N) is 1. The number of nitrogens with zero attached hydrogens (tertiary/aromatic N) is 2. The van der Waals surface area contributed by atoms with E-state index in [-0.39, 0.29) is 12.4 Å². The van der Waals surface area contributed by atoms with Crippen LogP contribution in [0.5, 0.6) is 0 Å². The highest BCUT2D eigenvalue weighted by Gasteiger charge is 2.10. The summed E-state index contributed by atoms with van der Waals surface area (Å²) in [6.45, 7) is 0.232. The Morgan fingerprint density at radius 2 is 2.25 bits per heavy atom. The number of hydrogen-bond acceptors (Lipinski definition) is 5. The van der Waals surface area contributed by atoms with Gasteiger partial charge in [0.25, 0.3) is 0 Å². The Kier molecular flexibility index (Phi) is 3.66. The van der Waals surface area contributed by atoms with Crippen molar-refractivity contribution in [2.24, 2.45) is 0 Å². The molecule has 20 heavy (non-hydrogen) atoms. The first-order chi connectivity index (χ1) is 9.72. The lowest BCUT2D eigenvalue weighted by atomic mass is 10.3. The smallest absolute Gasteiger partial charge is 0.246 e. The molecule has 0 spiro atoms. The van der Waals surface area contributed by atoms with Crippen LogP contribution in [0.15, 0.2) is 40.2 Å². The summed E-state index contributed by atoms with van der Waals surface area (Å²) in [4.78, 5) is 5.16. The van der Waals surface area contributed by atoms with Gasteiger partial charge in [0.2, 0.25) is 11.7 Å². The van der Waals surface area contributed by atoms with E-state index >= 15 is 0 Å². The van der Waals surface area contributed by atoms with Crippen molar-refractivity contribution in [1.82, 2.24) is 10.1 Å². The molecular weight excluding hydrogens is 301 g/mol. The van der Waals surface area contributed by atoms with Crippen LogP contribution in [0.2, 0.25) is 5.02 Å². The predicted molar refractivity (Wildman–Crippen MR) is 76.3 cm³/mol. The van der Waals surface area contributed by atoms with Crippen molar-refractivity contribution >= 4 is 28.6 Å². The van der Waals surface area contributed by atoms with Crippen LogP contribution in [-0.2, 0) is 6.54 Å². The van der Waals surface area contributed by atoms with Crippen LogP contribution < -0.4 is 5.32 Å². The third kappa shape index (κ3) is 2.81. The van der Waals surface area contributed by atoms with Crippen LogP contribution in [0.4, 0.5) is 10.1 Å². The van der Waals surface area contributed by atoms with Crippen molar-refractivity contribution in [2.45, 2.75) is 6.54 Å². The van der Waals surface area contributed by atoms with Crippen LogP contribution in [0.3, 0.4) is 0 Å². The van der Waals surface area contributed by atoms with E-state index in [2.05, 4.69) is 15.5 Å². The van der Waals surface area contributed by atoms with E-state index in [0.717, 1.165) is 4.88 Å². The zero-order valence-corrected chi connectivity index (χ0v) is 11.7. The summed E-state index contributed by atoms with van der Waals surface area (Å²) in [5.74, 6) is 0.531. The van der Waals surface area contributed by atoms with Crippen molar-refractivity contribution in [3.8, 4) is 10.7 Å². The fourth-order valence-corrected chi connectivity index (χ4v) is 2.46.